The van der Waals surface area contributed by atoms with Crippen LogP contribution < -0.4 is 5.32 Å². The van der Waals surface area contributed by atoms with Crippen LogP contribution in [0, 0.1) is 6.92 Å². The fourth-order valence-electron chi connectivity index (χ4n) is 2.13. The number of aromatic nitrogens is 1. The molecule has 1 aromatic heterocycles. The molecule has 0 unspecified atom stereocenters. The van der Waals surface area contributed by atoms with Crippen LogP contribution in [0.15, 0.2) is 10.7 Å². The Bertz CT molecular complexity index is 406. The number of amides is 1. The van der Waals surface area contributed by atoms with Crippen LogP contribution in [0.3, 0.4) is 0 Å². The van der Waals surface area contributed by atoms with Gasteiger partial charge in [0.2, 0.25) is 0 Å². The van der Waals surface area contributed by atoms with E-state index in [0.717, 1.165) is 25.9 Å². The van der Waals surface area contributed by atoms with Gasteiger partial charge in [0, 0.05) is 18.6 Å². The minimum atomic E-state index is 0.0295. The number of hydrogen-bond acceptors (Lipinski definition) is 4. The molecular weight excluding hydrogens is 218 g/mol. The zero-order valence-electron chi connectivity index (χ0n) is 10.6. The number of aryl methyl sites for hydroxylation is 1. The van der Waals surface area contributed by atoms with Crippen LogP contribution >= 0.6 is 0 Å². The molecule has 94 valence electrons. The molecule has 17 heavy (non-hydrogen) atoms. The molecule has 1 aliphatic heterocycles. The molecule has 0 atom stereocenters. The third-order valence-electron chi connectivity index (χ3n) is 3.74. The van der Waals surface area contributed by atoms with Crippen LogP contribution in [0.5, 0.6) is 0 Å². The van der Waals surface area contributed by atoms with Gasteiger partial charge in [-0.05, 0) is 33.7 Å². The lowest BCUT2D eigenvalue weighted by Crippen LogP contribution is -2.51. The predicted molar refractivity (Wildman–Crippen MR) is 63.8 cm³/mol. The molecule has 1 saturated heterocycles. The van der Waals surface area contributed by atoms with E-state index in [4.69, 9.17) is 4.52 Å². The quantitative estimate of drug-likeness (QED) is 0.839. The van der Waals surface area contributed by atoms with E-state index in [2.05, 4.69) is 17.4 Å². The van der Waals surface area contributed by atoms with Crippen LogP contribution in [0.1, 0.15) is 35.9 Å². The molecule has 5 nitrogen and oxygen atoms in total. The molecule has 0 radical (unpaired) electrons. The number of hydrogen-bond donors (Lipinski definition) is 1. The van der Waals surface area contributed by atoms with Gasteiger partial charge in [-0.25, -0.2) is 0 Å². The van der Waals surface area contributed by atoms with Crippen molar-refractivity contribution in [3.05, 3.63) is 17.5 Å². The summed E-state index contributed by atoms with van der Waals surface area (Å²) in [6.07, 6.45) is 3.45. The fraction of sp³-hybridized carbons (Fsp3) is 0.667. The Labute approximate surface area is 101 Å². The van der Waals surface area contributed by atoms with Crippen LogP contribution in [0.2, 0.25) is 0 Å². The van der Waals surface area contributed by atoms with Gasteiger partial charge < -0.3 is 14.7 Å². The highest BCUT2D eigenvalue weighted by Crippen LogP contribution is 2.22. The molecule has 1 amide bonds. The van der Waals surface area contributed by atoms with Crippen molar-refractivity contribution in [3.63, 3.8) is 0 Å². The molecule has 0 aromatic carbocycles. The second kappa shape index (κ2) is 4.49. The summed E-state index contributed by atoms with van der Waals surface area (Å²) < 4.78 is 4.93. The Balaban J connectivity index is 2.02. The van der Waals surface area contributed by atoms with Gasteiger partial charge in [-0.3, -0.25) is 4.79 Å². The number of likely N-dealkylation sites (tertiary alicyclic amines) is 1. The SMILES string of the molecule is CNC1(C)CCN(C(=O)c2cnoc2C)CC1. The van der Waals surface area contributed by atoms with E-state index in [1.807, 2.05) is 11.9 Å². The molecule has 0 bridgehead atoms. The van der Waals surface area contributed by atoms with E-state index in [-0.39, 0.29) is 11.4 Å². The van der Waals surface area contributed by atoms with Gasteiger partial charge in [-0.1, -0.05) is 5.16 Å². The Hall–Kier alpha value is -1.36. The van der Waals surface area contributed by atoms with Crippen LogP contribution in [-0.4, -0.2) is 41.6 Å². The first-order chi connectivity index (χ1) is 8.06. The van der Waals surface area contributed by atoms with Gasteiger partial charge in [-0.2, -0.15) is 0 Å². The average molecular weight is 237 g/mol. The maximum absolute atomic E-state index is 12.2. The summed E-state index contributed by atoms with van der Waals surface area (Å²) in [6.45, 7) is 5.52. The maximum Gasteiger partial charge on any atom is 0.259 e. The van der Waals surface area contributed by atoms with Gasteiger partial charge in [0.25, 0.3) is 5.91 Å². The number of nitrogens with zero attached hydrogens (tertiary/aromatic N) is 2. The van der Waals surface area contributed by atoms with Crippen molar-refractivity contribution >= 4 is 5.91 Å². The van der Waals surface area contributed by atoms with Gasteiger partial charge in [0.1, 0.15) is 11.3 Å². The first-order valence-electron chi connectivity index (χ1n) is 5.95. The Morgan fingerprint density at radius 1 is 1.53 bits per heavy atom. The summed E-state index contributed by atoms with van der Waals surface area (Å²) in [7, 11) is 1.97. The Morgan fingerprint density at radius 2 is 2.18 bits per heavy atom. The summed E-state index contributed by atoms with van der Waals surface area (Å²) in [5.74, 6) is 0.624. The summed E-state index contributed by atoms with van der Waals surface area (Å²) in [5, 5.41) is 6.96. The fourth-order valence-corrected chi connectivity index (χ4v) is 2.13. The molecule has 0 spiro atoms. The van der Waals surface area contributed by atoms with Gasteiger partial charge >= 0.3 is 0 Å². The van der Waals surface area contributed by atoms with E-state index in [0.29, 0.717) is 11.3 Å². The third kappa shape index (κ3) is 2.34. The predicted octanol–water partition coefficient (Wildman–Crippen LogP) is 1.20. The number of carbonyl (C=O) groups excluding carboxylic acids is 1. The maximum atomic E-state index is 12.2. The molecule has 1 N–H and O–H groups in total. The summed E-state index contributed by atoms with van der Waals surface area (Å²) in [4.78, 5) is 14.1. The van der Waals surface area contributed by atoms with E-state index in [1.165, 1.54) is 6.20 Å². The van der Waals surface area contributed by atoms with E-state index < -0.39 is 0 Å². The van der Waals surface area contributed by atoms with Crippen molar-refractivity contribution in [1.82, 2.24) is 15.4 Å². The first kappa shape index (κ1) is 12.1. The van der Waals surface area contributed by atoms with Crippen molar-refractivity contribution in [1.29, 1.82) is 0 Å². The Morgan fingerprint density at radius 3 is 2.65 bits per heavy atom. The molecule has 2 rings (SSSR count). The van der Waals surface area contributed by atoms with Gasteiger partial charge in [0.05, 0.1) is 6.20 Å². The summed E-state index contributed by atoms with van der Waals surface area (Å²) in [5.41, 5.74) is 0.735. The van der Waals surface area contributed by atoms with Crippen LogP contribution in [0.25, 0.3) is 0 Å². The largest absolute Gasteiger partial charge is 0.361 e. The zero-order valence-corrected chi connectivity index (χ0v) is 10.6. The second-order valence-corrected chi connectivity index (χ2v) is 4.90. The average Bonchev–Trinajstić information content (AvgIpc) is 2.76. The summed E-state index contributed by atoms with van der Waals surface area (Å²) >= 11 is 0. The molecule has 5 heteroatoms. The molecule has 2 heterocycles. The standard InChI is InChI=1S/C12H19N3O2/c1-9-10(8-14-17-9)11(16)15-6-4-12(2,13-3)5-7-15/h8,13H,4-7H2,1-3H3. The smallest absolute Gasteiger partial charge is 0.259 e. The minimum Gasteiger partial charge on any atom is -0.361 e. The molecule has 1 fully saturated rings. The van der Waals surface area contributed by atoms with Crippen molar-refractivity contribution in [3.8, 4) is 0 Å². The van der Waals surface area contributed by atoms with Gasteiger partial charge in [-0.15, -0.1) is 0 Å². The van der Waals surface area contributed by atoms with Crippen molar-refractivity contribution in [2.24, 2.45) is 0 Å². The zero-order chi connectivity index (χ0) is 12.5. The third-order valence-corrected chi connectivity index (χ3v) is 3.74. The van der Waals surface area contributed by atoms with E-state index >= 15 is 0 Å². The van der Waals surface area contributed by atoms with Crippen molar-refractivity contribution in [2.45, 2.75) is 32.2 Å². The van der Waals surface area contributed by atoms with Crippen LogP contribution in [-0.2, 0) is 0 Å². The highest BCUT2D eigenvalue weighted by atomic mass is 16.5. The molecular formula is C12H19N3O2. The number of carbonyl (C=O) groups is 1. The van der Waals surface area contributed by atoms with E-state index in [9.17, 15) is 4.79 Å². The number of rotatable bonds is 2. The second-order valence-electron chi connectivity index (χ2n) is 4.90. The lowest BCUT2D eigenvalue weighted by Gasteiger charge is -2.39. The molecule has 0 saturated carbocycles. The van der Waals surface area contributed by atoms with Crippen LogP contribution in [0.4, 0.5) is 0 Å². The molecule has 0 aliphatic carbocycles. The Kier molecular flexibility index (Phi) is 3.19. The number of nitrogens with one attached hydrogen (secondary N) is 1. The number of piperidine rings is 1. The first-order valence-corrected chi connectivity index (χ1v) is 5.95. The minimum absolute atomic E-state index is 0.0295. The lowest BCUT2D eigenvalue weighted by molar-refractivity contribution is 0.0660. The van der Waals surface area contributed by atoms with Crippen molar-refractivity contribution in [2.75, 3.05) is 20.1 Å². The van der Waals surface area contributed by atoms with Crippen molar-refractivity contribution < 1.29 is 9.32 Å². The topological polar surface area (TPSA) is 58.4 Å². The molecule has 1 aromatic rings. The highest BCUT2D eigenvalue weighted by molar-refractivity contribution is 5.94. The summed E-state index contributed by atoms with van der Waals surface area (Å²) in [6, 6.07) is 0. The van der Waals surface area contributed by atoms with E-state index in [1.54, 1.807) is 6.92 Å². The van der Waals surface area contributed by atoms with Gasteiger partial charge in [0.15, 0.2) is 0 Å². The molecule has 1 aliphatic rings. The lowest BCUT2D eigenvalue weighted by atomic mass is 9.89. The normalized spacial score (nSPS) is 19.4. The highest BCUT2D eigenvalue weighted by Gasteiger charge is 2.31. The monoisotopic (exact) mass is 237 g/mol.